The second-order valence-electron chi connectivity index (χ2n) is 4.91. The molecule has 3 N–H and O–H groups in total. The Hall–Kier alpha value is -2.75. The van der Waals surface area contributed by atoms with Gasteiger partial charge in [-0.1, -0.05) is 30.8 Å². The van der Waals surface area contributed by atoms with Crippen LogP contribution in [0.3, 0.4) is 0 Å². The minimum Gasteiger partial charge on any atom is -0.507 e. The molecule has 2 aromatic carbocycles. The first-order valence-electron chi connectivity index (χ1n) is 7.10. The van der Waals surface area contributed by atoms with Gasteiger partial charge in [0.2, 0.25) is 0 Å². The average Bonchev–Trinajstić information content (AvgIpc) is 2.52. The molecule has 0 spiro atoms. The maximum atomic E-state index is 9.77. The van der Waals surface area contributed by atoms with Crippen LogP contribution in [0.4, 0.5) is 0 Å². The highest BCUT2D eigenvalue weighted by molar-refractivity contribution is 6.00. The Morgan fingerprint density at radius 3 is 2.14 bits per heavy atom. The highest BCUT2D eigenvalue weighted by Gasteiger charge is 2.04. The molecule has 0 radical (unpaired) electrons. The molecule has 0 unspecified atom stereocenters. The van der Waals surface area contributed by atoms with Crippen LogP contribution in [-0.2, 0) is 0 Å². The van der Waals surface area contributed by atoms with Gasteiger partial charge in [0.25, 0.3) is 0 Å². The Morgan fingerprint density at radius 2 is 1.55 bits per heavy atom. The molecule has 0 bridgehead atoms. The van der Waals surface area contributed by atoms with E-state index in [2.05, 4.69) is 16.9 Å². The summed E-state index contributed by atoms with van der Waals surface area (Å²) >= 11 is 0. The molecule has 22 heavy (non-hydrogen) atoms. The summed E-state index contributed by atoms with van der Waals surface area (Å²) in [5.41, 5.74) is 2.87. The fraction of sp³-hybridized carbons (Fsp3) is 0.167. The van der Waals surface area contributed by atoms with Gasteiger partial charge in [-0.15, -0.1) is 0 Å². The number of hydrogen-bond acceptors (Lipinski definition) is 4. The molecular weight excluding hydrogens is 276 g/mol. The van der Waals surface area contributed by atoms with Gasteiger partial charge in [0.05, 0.1) is 6.54 Å². The Kier molecular flexibility index (Phi) is 5.20. The van der Waals surface area contributed by atoms with Gasteiger partial charge in [-0.05, 0) is 31.2 Å². The number of para-hydroxylation sites is 2. The zero-order valence-electron chi connectivity index (χ0n) is 12.6. The monoisotopic (exact) mass is 296 g/mol. The van der Waals surface area contributed by atoms with Gasteiger partial charge < -0.3 is 15.5 Å². The van der Waals surface area contributed by atoms with Crippen molar-refractivity contribution in [1.82, 2.24) is 5.32 Å². The van der Waals surface area contributed by atoms with E-state index in [-0.39, 0.29) is 11.5 Å². The minimum atomic E-state index is 0.203. The highest BCUT2D eigenvalue weighted by atomic mass is 16.3. The zero-order valence-corrected chi connectivity index (χ0v) is 12.6. The van der Waals surface area contributed by atoms with Crippen LogP contribution in [0, 0.1) is 0 Å². The minimum absolute atomic E-state index is 0.203. The summed E-state index contributed by atoms with van der Waals surface area (Å²) in [6.07, 6.45) is 0. The predicted molar refractivity (Wildman–Crippen MR) is 90.3 cm³/mol. The number of nitrogens with zero attached hydrogens (tertiary/aromatic N) is 1. The summed E-state index contributed by atoms with van der Waals surface area (Å²) in [6.45, 7) is 6.93. The van der Waals surface area contributed by atoms with Crippen molar-refractivity contribution >= 4 is 11.4 Å². The average molecular weight is 296 g/mol. The lowest BCUT2D eigenvalue weighted by Gasteiger charge is -2.10. The van der Waals surface area contributed by atoms with Crippen molar-refractivity contribution in [3.63, 3.8) is 0 Å². The van der Waals surface area contributed by atoms with E-state index in [1.54, 1.807) is 30.3 Å². The number of benzene rings is 2. The number of aromatic hydroxyl groups is 2. The lowest BCUT2D eigenvalue weighted by Crippen LogP contribution is -2.16. The van der Waals surface area contributed by atoms with Gasteiger partial charge in [-0.3, -0.25) is 4.99 Å². The van der Waals surface area contributed by atoms with E-state index in [4.69, 9.17) is 0 Å². The third kappa shape index (κ3) is 3.88. The van der Waals surface area contributed by atoms with Crippen LogP contribution in [-0.4, -0.2) is 29.0 Å². The summed E-state index contributed by atoms with van der Waals surface area (Å²) in [7, 11) is 0. The van der Waals surface area contributed by atoms with Gasteiger partial charge in [0.1, 0.15) is 11.5 Å². The fourth-order valence-electron chi connectivity index (χ4n) is 2.12. The lowest BCUT2D eigenvalue weighted by atomic mass is 10.1. The van der Waals surface area contributed by atoms with Crippen molar-refractivity contribution in [2.75, 3.05) is 13.1 Å². The summed E-state index contributed by atoms with van der Waals surface area (Å²) in [4.78, 5) is 4.43. The van der Waals surface area contributed by atoms with E-state index in [9.17, 15) is 10.2 Å². The van der Waals surface area contributed by atoms with Crippen molar-refractivity contribution in [3.8, 4) is 11.5 Å². The molecule has 0 aliphatic carbocycles. The van der Waals surface area contributed by atoms with Crippen LogP contribution in [0.1, 0.15) is 18.1 Å². The van der Waals surface area contributed by atoms with E-state index in [0.29, 0.717) is 24.4 Å². The van der Waals surface area contributed by atoms with Crippen molar-refractivity contribution in [2.24, 2.45) is 4.99 Å². The van der Waals surface area contributed by atoms with Crippen molar-refractivity contribution < 1.29 is 10.2 Å². The summed E-state index contributed by atoms with van der Waals surface area (Å²) in [5, 5.41) is 22.7. The van der Waals surface area contributed by atoms with Gasteiger partial charge in [-0.25, -0.2) is 0 Å². The first-order valence-corrected chi connectivity index (χ1v) is 7.10. The molecule has 0 saturated carbocycles. The van der Waals surface area contributed by atoms with Crippen LogP contribution in [0.2, 0.25) is 0 Å². The van der Waals surface area contributed by atoms with Gasteiger partial charge in [0.15, 0.2) is 0 Å². The molecule has 2 rings (SSSR count). The van der Waals surface area contributed by atoms with Crippen molar-refractivity contribution in [1.29, 1.82) is 0 Å². The van der Waals surface area contributed by atoms with E-state index >= 15 is 0 Å². The Bertz CT molecular complexity index is 693. The third-order valence-corrected chi connectivity index (χ3v) is 3.32. The molecule has 0 fully saturated rings. The highest BCUT2D eigenvalue weighted by Crippen LogP contribution is 2.21. The molecule has 0 atom stereocenters. The first-order chi connectivity index (χ1) is 10.6. The van der Waals surface area contributed by atoms with Crippen LogP contribution >= 0.6 is 0 Å². The zero-order chi connectivity index (χ0) is 15.9. The molecule has 0 aliphatic rings. The van der Waals surface area contributed by atoms with Gasteiger partial charge in [0, 0.05) is 29.1 Å². The lowest BCUT2D eigenvalue weighted by molar-refractivity contribution is 0.472. The van der Waals surface area contributed by atoms with Crippen molar-refractivity contribution in [2.45, 2.75) is 6.92 Å². The Morgan fingerprint density at radius 1 is 1.00 bits per heavy atom. The second-order valence-corrected chi connectivity index (χ2v) is 4.91. The number of rotatable bonds is 6. The molecule has 0 saturated heterocycles. The molecule has 0 aromatic heterocycles. The summed E-state index contributed by atoms with van der Waals surface area (Å²) < 4.78 is 0. The van der Waals surface area contributed by atoms with Crippen LogP contribution in [0.25, 0.3) is 5.70 Å². The van der Waals surface area contributed by atoms with Gasteiger partial charge in [-0.2, -0.15) is 0 Å². The van der Waals surface area contributed by atoms with Crippen LogP contribution in [0.5, 0.6) is 11.5 Å². The summed E-state index contributed by atoms with van der Waals surface area (Å²) in [6, 6.07) is 14.2. The summed E-state index contributed by atoms with van der Waals surface area (Å²) in [5.74, 6) is 0.434. The van der Waals surface area contributed by atoms with Crippen LogP contribution in [0.15, 0.2) is 60.1 Å². The topological polar surface area (TPSA) is 64.9 Å². The maximum absolute atomic E-state index is 9.77. The quantitative estimate of drug-likeness (QED) is 0.566. The van der Waals surface area contributed by atoms with E-state index < -0.39 is 0 Å². The molecule has 114 valence electrons. The molecule has 0 heterocycles. The molecule has 2 aromatic rings. The largest absolute Gasteiger partial charge is 0.507 e. The molecule has 4 nitrogen and oxygen atoms in total. The predicted octanol–water partition coefficient (Wildman–Crippen LogP) is 3.17. The second kappa shape index (κ2) is 7.31. The fourth-order valence-corrected chi connectivity index (χ4v) is 2.12. The molecule has 4 heteroatoms. The normalized spacial score (nSPS) is 11.2. The molecular formula is C18H20N2O2. The number of phenolic OH excluding ortho intramolecular Hbond substituents is 2. The van der Waals surface area contributed by atoms with E-state index in [1.807, 2.05) is 25.1 Å². The van der Waals surface area contributed by atoms with E-state index in [1.165, 1.54) is 0 Å². The maximum Gasteiger partial charge on any atom is 0.124 e. The van der Waals surface area contributed by atoms with Crippen LogP contribution < -0.4 is 5.32 Å². The number of nitrogens with one attached hydrogen (secondary N) is 1. The van der Waals surface area contributed by atoms with Gasteiger partial charge >= 0.3 is 0 Å². The number of hydrogen-bond donors (Lipinski definition) is 3. The third-order valence-electron chi connectivity index (χ3n) is 3.32. The smallest absolute Gasteiger partial charge is 0.124 e. The number of aliphatic imine (C=N–C) groups is 1. The number of phenols is 2. The Balaban J connectivity index is 1.89. The Labute approximate surface area is 130 Å². The van der Waals surface area contributed by atoms with E-state index in [0.717, 1.165) is 11.3 Å². The standard InChI is InChI=1S/C18H20N2O2/c1-13(15-7-3-5-9-17(15)21)19-11-12-20-14(2)16-8-4-6-10-18(16)22/h3-10,19,21-22H,1,11-12H2,2H3. The SMILES string of the molecule is C=C(NCCN=C(C)c1ccccc1O)c1ccccc1O. The first kappa shape index (κ1) is 15.6. The molecule has 0 amide bonds. The molecule has 0 aliphatic heterocycles. The van der Waals surface area contributed by atoms with Crippen molar-refractivity contribution in [3.05, 3.63) is 66.2 Å².